The van der Waals surface area contributed by atoms with Crippen molar-refractivity contribution in [3.05, 3.63) is 65.7 Å². The van der Waals surface area contributed by atoms with E-state index < -0.39 is 47.8 Å². The number of esters is 1. The number of carbonyl (C=O) groups excluding carboxylic acids is 3. The molecule has 2 aromatic rings. The van der Waals surface area contributed by atoms with Crippen molar-refractivity contribution < 1.29 is 24.2 Å². The van der Waals surface area contributed by atoms with Crippen LogP contribution < -0.4 is 10.2 Å². The van der Waals surface area contributed by atoms with E-state index in [1.807, 2.05) is 31.2 Å². The van der Waals surface area contributed by atoms with E-state index in [-0.39, 0.29) is 0 Å². The minimum absolute atomic E-state index is 0.400. The first kappa shape index (κ1) is 19.3. The number of nitrogens with one attached hydrogen (secondary N) is 1. The number of carbonyl (C=O) groups is 3. The summed E-state index contributed by atoms with van der Waals surface area (Å²) >= 11 is 0. The van der Waals surface area contributed by atoms with Crippen LogP contribution >= 0.6 is 0 Å². The van der Waals surface area contributed by atoms with Crippen molar-refractivity contribution in [2.24, 2.45) is 11.8 Å². The van der Waals surface area contributed by atoms with E-state index in [0.717, 1.165) is 16.0 Å². The van der Waals surface area contributed by atoms with Gasteiger partial charge in [0.2, 0.25) is 11.8 Å². The number of ether oxygens (including phenoxy) is 1. The summed E-state index contributed by atoms with van der Waals surface area (Å²) in [6, 6.07) is 15.5. The summed E-state index contributed by atoms with van der Waals surface area (Å²) in [4.78, 5) is 40.6. The van der Waals surface area contributed by atoms with Gasteiger partial charge in [0.15, 0.2) is 5.54 Å². The largest absolute Gasteiger partial charge is 0.468 e. The first-order valence-electron chi connectivity index (χ1n) is 9.41. The Kier molecular flexibility index (Phi) is 4.72. The molecular weight excluding hydrogens is 372 g/mol. The lowest BCUT2D eigenvalue weighted by molar-refractivity contribution is -0.154. The van der Waals surface area contributed by atoms with E-state index >= 15 is 0 Å². The van der Waals surface area contributed by atoms with Crippen molar-refractivity contribution in [3.8, 4) is 0 Å². The van der Waals surface area contributed by atoms with E-state index in [9.17, 15) is 19.5 Å². The van der Waals surface area contributed by atoms with E-state index in [1.54, 1.807) is 30.3 Å². The maximum absolute atomic E-state index is 13.4. The molecule has 2 aliphatic rings. The van der Waals surface area contributed by atoms with E-state index in [2.05, 4.69) is 5.32 Å². The van der Waals surface area contributed by atoms with Crippen molar-refractivity contribution in [2.75, 3.05) is 18.6 Å². The van der Waals surface area contributed by atoms with Gasteiger partial charge in [0.05, 0.1) is 31.2 Å². The number of anilines is 1. The van der Waals surface area contributed by atoms with Crippen LogP contribution in [0.2, 0.25) is 0 Å². The van der Waals surface area contributed by atoms with Crippen LogP contribution in [0.5, 0.6) is 0 Å². The summed E-state index contributed by atoms with van der Waals surface area (Å²) < 4.78 is 4.92. The maximum Gasteiger partial charge on any atom is 0.329 e. The average molecular weight is 394 g/mol. The number of hydrogen-bond acceptors (Lipinski definition) is 6. The third kappa shape index (κ3) is 2.77. The average Bonchev–Trinajstić information content (AvgIpc) is 3.23. The highest BCUT2D eigenvalue weighted by Gasteiger charge is 2.69. The summed E-state index contributed by atoms with van der Waals surface area (Å²) in [6.07, 6.45) is 0. The molecule has 0 spiro atoms. The van der Waals surface area contributed by atoms with Gasteiger partial charge in [0.1, 0.15) is 0 Å². The molecule has 7 nitrogen and oxygen atoms in total. The number of para-hydroxylation sites is 1. The minimum Gasteiger partial charge on any atom is -0.468 e. The molecule has 0 bridgehead atoms. The fourth-order valence-corrected chi connectivity index (χ4v) is 4.47. The molecule has 150 valence electrons. The van der Waals surface area contributed by atoms with E-state index in [0.29, 0.717) is 5.69 Å². The number of imide groups is 1. The number of rotatable bonds is 4. The third-order valence-electron chi connectivity index (χ3n) is 5.90. The van der Waals surface area contributed by atoms with Gasteiger partial charge in [-0.1, -0.05) is 48.0 Å². The number of methoxy groups -OCH3 is 1. The van der Waals surface area contributed by atoms with Gasteiger partial charge in [-0.3, -0.25) is 14.9 Å². The highest BCUT2D eigenvalue weighted by molar-refractivity contribution is 6.24. The van der Waals surface area contributed by atoms with Crippen molar-refractivity contribution in [1.82, 2.24) is 5.32 Å². The Balaban J connectivity index is 1.85. The number of aliphatic hydroxyl groups excluding tert-OH is 1. The maximum atomic E-state index is 13.4. The molecule has 2 aliphatic heterocycles. The van der Waals surface area contributed by atoms with Gasteiger partial charge in [-0.15, -0.1) is 0 Å². The number of aryl methyl sites for hydroxylation is 1. The Morgan fingerprint density at radius 1 is 1.10 bits per heavy atom. The molecule has 2 saturated heterocycles. The Morgan fingerprint density at radius 3 is 2.34 bits per heavy atom. The highest BCUT2D eigenvalue weighted by atomic mass is 16.5. The van der Waals surface area contributed by atoms with Gasteiger partial charge in [-0.2, -0.15) is 0 Å². The molecule has 2 heterocycles. The molecule has 2 amide bonds. The SMILES string of the molecule is COC(=O)[C@]1(CO)N[C@H](c2ccc(C)cc2)[C@@H]2C(=O)N(c3ccccc3)C(=O)[C@@H]21. The molecule has 0 aromatic heterocycles. The number of amides is 2. The van der Waals surface area contributed by atoms with Crippen molar-refractivity contribution >= 4 is 23.5 Å². The monoisotopic (exact) mass is 394 g/mol. The highest BCUT2D eigenvalue weighted by Crippen LogP contribution is 2.49. The van der Waals surface area contributed by atoms with Gasteiger partial charge in [0.25, 0.3) is 0 Å². The summed E-state index contributed by atoms with van der Waals surface area (Å²) in [5.74, 6) is -3.59. The number of benzene rings is 2. The lowest BCUT2D eigenvalue weighted by atomic mass is 9.79. The standard InChI is InChI=1S/C22H22N2O5/c1-13-8-10-14(11-9-13)18-16-17(22(12-25,23-18)21(28)29-2)20(27)24(19(16)26)15-6-4-3-5-7-15/h3-11,16-18,23,25H,12H2,1-2H3/t16-,17-,18-,22-/m1/s1. The zero-order valence-electron chi connectivity index (χ0n) is 16.2. The molecule has 0 saturated carbocycles. The van der Waals surface area contributed by atoms with Crippen molar-refractivity contribution in [1.29, 1.82) is 0 Å². The first-order valence-corrected chi connectivity index (χ1v) is 9.41. The molecule has 0 aliphatic carbocycles. The molecule has 2 N–H and O–H groups in total. The van der Waals surface area contributed by atoms with Gasteiger partial charge >= 0.3 is 5.97 Å². The Morgan fingerprint density at radius 2 is 1.76 bits per heavy atom. The van der Waals surface area contributed by atoms with Crippen LogP contribution in [0.4, 0.5) is 5.69 Å². The van der Waals surface area contributed by atoms with Crippen LogP contribution in [0.1, 0.15) is 17.2 Å². The minimum atomic E-state index is -1.69. The number of aliphatic hydroxyl groups is 1. The molecule has 29 heavy (non-hydrogen) atoms. The van der Waals surface area contributed by atoms with Crippen LogP contribution in [0.25, 0.3) is 0 Å². The van der Waals surface area contributed by atoms with E-state index in [4.69, 9.17) is 4.74 Å². The van der Waals surface area contributed by atoms with Crippen molar-refractivity contribution in [3.63, 3.8) is 0 Å². The van der Waals surface area contributed by atoms with Crippen LogP contribution in [0.3, 0.4) is 0 Å². The molecule has 2 aromatic carbocycles. The Labute approximate surface area is 168 Å². The number of fused-ring (bicyclic) bond motifs is 1. The second kappa shape index (κ2) is 7.09. The quantitative estimate of drug-likeness (QED) is 0.600. The lowest BCUT2D eigenvalue weighted by Crippen LogP contribution is -2.59. The normalized spacial score (nSPS) is 28.5. The predicted molar refractivity (Wildman–Crippen MR) is 105 cm³/mol. The second-order valence-electron chi connectivity index (χ2n) is 7.50. The van der Waals surface area contributed by atoms with Gasteiger partial charge < -0.3 is 9.84 Å². The zero-order chi connectivity index (χ0) is 20.8. The zero-order valence-corrected chi connectivity index (χ0v) is 16.2. The first-order chi connectivity index (χ1) is 13.9. The molecule has 7 heteroatoms. The molecule has 4 rings (SSSR count). The van der Waals surface area contributed by atoms with Gasteiger partial charge in [-0.25, -0.2) is 9.69 Å². The smallest absolute Gasteiger partial charge is 0.329 e. The molecule has 0 radical (unpaired) electrons. The number of hydrogen-bond donors (Lipinski definition) is 2. The molecular formula is C22H22N2O5. The Hall–Kier alpha value is -3.03. The van der Waals surface area contributed by atoms with Gasteiger partial charge in [0, 0.05) is 6.04 Å². The topological polar surface area (TPSA) is 95.9 Å². The molecule has 4 atom stereocenters. The lowest BCUT2D eigenvalue weighted by Gasteiger charge is -2.30. The fourth-order valence-electron chi connectivity index (χ4n) is 4.47. The van der Waals surface area contributed by atoms with Crippen molar-refractivity contribution in [2.45, 2.75) is 18.5 Å². The fraction of sp³-hybridized carbons (Fsp3) is 0.318. The van der Waals surface area contributed by atoms with Gasteiger partial charge in [-0.05, 0) is 24.6 Å². The third-order valence-corrected chi connectivity index (χ3v) is 5.90. The number of nitrogens with zero attached hydrogens (tertiary/aromatic N) is 1. The summed E-state index contributed by atoms with van der Waals surface area (Å²) in [6.45, 7) is 1.29. The Bertz CT molecular complexity index is 959. The summed E-state index contributed by atoms with van der Waals surface area (Å²) in [7, 11) is 1.20. The summed E-state index contributed by atoms with van der Waals surface area (Å²) in [5.41, 5.74) is 0.562. The second-order valence-corrected chi connectivity index (χ2v) is 7.50. The predicted octanol–water partition coefficient (Wildman–Crippen LogP) is 1.35. The summed E-state index contributed by atoms with van der Waals surface area (Å²) in [5, 5.41) is 13.3. The molecule has 2 fully saturated rings. The van der Waals surface area contributed by atoms with Crippen LogP contribution in [0, 0.1) is 18.8 Å². The van der Waals surface area contributed by atoms with Crippen LogP contribution in [-0.4, -0.2) is 42.1 Å². The van der Waals surface area contributed by atoms with Crippen LogP contribution in [-0.2, 0) is 19.1 Å². The van der Waals surface area contributed by atoms with E-state index in [1.165, 1.54) is 7.11 Å². The van der Waals surface area contributed by atoms with Crippen LogP contribution in [0.15, 0.2) is 54.6 Å². The molecule has 0 unspecified atom stereocenters.